The maximum Gasteiger partial charge on any atom is 0.242 e. The van der Waals surface area contributed by atoms with E-state index in [9.17, 15) is 14.0 Å². The van der Waals surface area contributed by atoms with Gasteiger partial charge in [-0.3, -0.25) is 14.5 Å². The second kappa shape index (κ2) is 9.38. The molecule has 0 aliphatic carbocycles. The molecule has 1 saturated heterocycles. The smallest absolute Gasteiger partial charge is 0.242 e. The van der Waals surface area contributed by atoms with Crippen LogP contribution in [0.15, 0.2) is 66.2 Å². The number of hydrogen-bond acceptors (Lipinski definition) is 5. The molecule has 0 saturated carbocycles. The van der Waals surface area contributed by atoms with E-state index in [1.54, 1.807) is 37.5 Å². The first-order valence-electron chi connectivity index (χ1n) is 8.87. The van der Waals surface area contributed by atoms with Gasteiger partial charge in [-0.2, -0.15) is 0 Å². The van der Waals surface area contributed by atoms with E-state index in [1.807, 2.05) is 0 Å². The fourth-order valence-corrected chi connectivity index (χ4v) is 3.87. The number of anilines is 1. The average Bonchev–Trinajstić information content (AvgIpc) is 2.99. The Kier molecular flexibility index (Phi) is 6.66. The quantitative estimate of drug-likeness (QED) is 0.697. The predicted molar refractivity (Wildman–Crippen MR) is 113 cm³/mol. The van der Waals surface area contributed by atoms with E-state index >= 15 is 0 Å². The Morgan fingerprint density at radius 1 is 1.28 bits per heavy atom. The second-order valence-electron chi connectivity index (χ2n) is 6.20. The number of hydrogen-bond donors (Lipinski definition) is 1. The summed E-state index contributed by atoms with van der Waals surface area (Å²) in [5, 5.41) is 2.65. The van der Waals surface area contributed by atoms with Crippen LogP contribution in [-0.4, -0.2) is 40.8 Å². The highest BCUT2D eigenvalue weighted by molar-refractivity contribution is 8.15. The fraction of sp³-hybridized carbons (Fsp3) is 0.190. The summed E-state index contributed by atoms with van der Waals surface area (Å²) in [6, 6.07) is 12.6. The monoisotopic (exact) mass is 413 g/mol. The van der Waals surface area contributed by atoms with Gasteiger partial charge >= 0.3 is 0 Å². The number of halogens is 1. The van der Waals surface area contributed by atoms with Gasteiger partial charge in [-0.15, -0.1) is 6.58 Å². The number of benzene rings is 2. The molecule has 0 bridgehead atoms. The lowest BCUT2D eigenvalue weighted by Crippen LogP contribution is -2.33. The van der Waals surface area contributed by atoms with Crippen molar-refractivity contribution in [1.82, 2.24) is 4.90 Å². The molecule has 150 valence electrons. The molecule has 2 aromatic rings. The number of nitrogens with one attached hydrogen (secondary N) is 1. The number of rotatable bonds is 7. The van der Waals surface area contributed by atoms with E-state index in [0.29, 0.717) is 22.3 Å². The third-order valence-corrected chi connectivity index (χ3v) is 5.30. The molecule has 2 aromatic carbocycles. The SMILES string of the molecule is C=CCN1C(=O)C(CC(=O)Nc2ccc(OC)cc2)SC1=Nc1ccc(F)cc1. The molecule has 1 atom stereocenters. The van der Waals surface area contributed by atoms with Crippen molar-refractivity contribution < 1.29 is 18.7 Å². The molecule has 1 fully saturated rings. The minimum atomic E-state index is -0.590. The fourth-order valence-electron chi connectivity index (χ4n) is 2.70. The lowest BCUT2D eigenvalue weighted by atomic mass is 10.2. The summed E-state index contributed by atoms with van der Waals surface area (Å²) in [6.07, 6.45) is 1.60. The Morgan fingerprint density at radius 3 is 2.59 bits per heavy atom. The van der Waals surface area contributed by atoms with Crippen molar-refractivity contribution in [2.75, 3.05) is 19.0 Å². The lowest BCUT2D eigenvalue weighted by Gasteiger charge is -2.13. The first kappa shape index (κ1) is 20.6. The average molecular weight is 413 g/mol. The first-order valence-corrected chi connectivity index (χ1v) is 9.75. The summed E-state index contributed by atoms with van der Waals surface area (Å²) >= 11 is 1.21. The lowest BCUT2D eigenvalue weighted by molar-refractivity contribution is -0.127. The molecule has 1 unspecified atom stereocenters. The number of thioether (sulfide) groups is 1. The van der Waals surface area contributed by atoms with E-state index in [2.05, 4.69) is 16.9 Å². The number of carbonyl (C=O) groups is 2. The summed E-state index contributed by atoms with van der Waals surface area (Å²) in [5.74, 6) is -0.158. The molecule has 0 radical (unpaired) electrons. The normalized spacial score (nSPS) is 17.4. The Balaban J connectivity index is 1.70. The Bertz CT molecular complexity index is 929. The van der Waals surface area contributed by atoms with Gasteiger partial charge in [0.05, 0.1) is 12.8 Å². The van der Waals surface area contributed by atoms with E-state index in [0.717, 1.165) is 0 Å². The number of carbonyl (C=O) groups excluding carboxylic acids is 2. The van der Waals surface area contributed by atoms with Crippen molar-refractivity contribution in [2.45, 2.75) is 11.7 Å². The van der Waals surface area contributed by atoms with Crippen LogP contribution >= 0.6 is 11.8 Å². The molecule has 0 spiro atoms. The van der Waals surface area contributed by atoms with Crippen molar-refractivity contribution in [1.29, 1.82) is 0 Å². The number of ether oxygens (including phenoxy) is 1. The van der Waals surface area contributed by atoms with E-state index in [1.165, 1.54) is 40.9 Å². The molecule has 29 heavy (non-hydrogen) atoms. The topological polar surface area (TPSA) is 71.0 Å². The van der Waals surface area contributed by atoms with Crippen LogP contribution in [0.4, 0.5) is 15.8 Å². The molecule has 6 nitrogen and oxygen atoms in total. The Hall–Kier alpha value is -3.13. The van der Waals surface area contributed by atoms with Gasteiger partial charge in [0.1, 0.15) is 16.8 Å². The van der Waals surface area contributed by atoms with Crippen molar-refractivity contribution in [3.05, 3.63) is 67.0 Å². The van der Waals surface area contributed by atoms with E-state index in [-0.39, 0.29) is 30.6 Å². The summed E-state index contributed by atoms with van der Waals surface area (Å²) in [7, 11) is 1.57. The van der Waals surface area contributed by atoms with Crippen LogP contribution in [0.5, 0.6) is 5.75 Å². The van der Waals surface area contributed by atoms with Crippen LogP contribution in [0.2, 0.25) is 0 Å². The second-order valence-corrected chi connectivity index (χ2v) is 7.37. The maximum absolute atomic E-state index is 13.1. The Labute approximate surface area is 172 Å². The number of amidine groups is 1. The zero-order valence-electron chi connectivity index (χ0n) is 15.8. The van der Waals surface area contributed by atoms with E-state index < -0.39 is 5.25 Å². The Morgan fingerprint density at radius 2 is 1.97 bits per heavy atom. The summed E-state index contributed by atoms with van der Waals surface area (Å²) < 4.78 is 18.2. The van der Waals surface area contributed by atoms with Crippen LogP contribution < -0.4 is 10.1 Å². The predicted octanol–water partition coefficient (Wildman–Crippen LogP) is 3.98. The van der Waals surface area contributed by atoms with Gasteiger partial charge in [0, 0.05) is 18.7 Å². The first-order chi connectivity index (χ1) is 14.0. The molecule has 1 aliphatic rings. The largest absolute Gasteiger partial charge is 0.497 e. The molecular weight excluding hydrogens is 393 g/mol. The van der Waals surface area contributed by atoms with Crippen LogP contribution in [0, 0.1) is 5.82 Å². The molecule has 8 heteroatoms. The highest BCUT2D eigenvalue weighted by Crippen LogP contribution is 2.32. The van der Waals surface area contributed by atoms with Gasteiger partial charge in [-0.25, -0.2) is 9.38 Å². The van der Waals surface area contributed by atoms with Crippen molar-refractivity contribution >= 4 is 40.1 Å². The third-order valence-electron chi connectivity index (χ3n) is 4.13. The molecule has 1 aliphatic heterocycles. The third kappa shape index (κ3) is 5.23. The molecular formula is C21H20FN3O3S. The van der Waals surface area contributed by atoms with Gasteiger partial charge in [-0.05, 0) is 48.5 Å². The number of aliphatic imine (C=N–C) groups is 1. The van der Waals surface area contributed by atoms with Crippen LogP contribution in [-0.2, 0) is 9.59 Å². The maximum atomic E-state index is 13.1. The highest BCUT2D eigenvalue weighted by Gasteiger charge is 2.38. The van der Waals surface area contributed by atoms with Gasteiger partial charge < -0.3 is 10.1 Å². The highest BCUT2D eigenvalue weighted by atomic mass is 32.2. The summed E-state index contributed by atoms with van der Waals surface area (Å²) in [6.45, 7) is 3.95. The molecule has 1 heterocycles. The standard InChI is InChI=1S/C21H20FN3O3S/c1-3-12-25-20(27)18(29-21(25)24-16-6-4-14(22)5-7-16)13-19(26)23-15-8-10-17(28-2)11-9-15/h3-11,18H,1,12-13H2,2H3,(H,23,26). The van der Waals surface area contributed by atoms with Crippen molar-refractivity contribution in [3.63, 3.8) is 0 Å². The summed E-state index contributed by atoms with van der Waals surface area (Å²) in [5.41, 5.74) is 1.15. The molecule has 0 aromatic heterocycles. The number of methoxy groups -OCH3 is 1. The minimum Gasteiger partial charge on any atom is -0.497 e. The van der Waals surface area contributed by atoms with Gasteiger partial charge in [0.25, 0.3) is 0 Å². The van der Waals surface area contributed by atoms with Gasteiger partial charge in [0.2, 0.25) is 11.8 Å². The molecule has 3 rings (SSSR count). The van der Waals surface area contributed by atoms with E-state index in [4.69, 9.17) is 4.74 Å². The molecule has 1 N–H and O–H groups in total. The number of amides is 2. The van der Waals surface area contributed by atoms with Crippen LogP contribution in [0.25, 0.3) is 0 Å². The van der Waals surface area contributed by atoms with Crippen LogP contribution in [0.1, 0.15) is 6.42 Å². The zero-order chi connectivity index (χ0) is 20.8. The summed E-state index contributed by atoms with van der Waals surface area (Å²) in [4.78, 5) is 31.1. The van der Waals surface area contributed by atoms with Gasteiger partial charge in [0.15, 0.2) is 5.17 Å². The van der Waals surface area contributed by atoms with Crippen molar-refractivity contribution in [2.24, 2.45) is 4.99 Å². The minimum absolute atomic E-state index is 0.00557. The van der Waals surface area contributed by atoms with Gasteiger partial charge in [-0.1, -0.05) is 17.8 Å². The number of nitrogens with zero attached hydrogens (tertiary/aromatic N) is 2. The van der Waals surface area contributed by atoms with Crippen LogP contribution in [0.3, 0.4) is 0 Å². The van der Waals surface area contributed by atoms with Crippen molar-refractivity contribution in [3.8, 4) is 5.75 Å². The zero-order valence-corrected chi connectivity index (χ0v) is 16.6. The molecule has 2 amide bonds.